The monoisotopic (exact) mass is 271 g/mol. The smallest absolute Gasteiger partial charge is 0.315 e. The number of carbonyl (C=O) groups is 2. The molecule has 6 heteroatoms. The molecule has 0 aromatic heterocycles. The van der Waals surface area contributed by atoms with Gasteiger partial charge in [-0.1, -0.05) is 6.42 Å². The molecule has 0 aromatic rings. The van der Waals surface area contributed by atoms with E-state index in [1.165, 1.54) is 0 Å². The number of thioether (sulfide) groups is 1. The summed E-state index contributed by atoms with van der Waals surface area (Å²) < 4.78 is 0. The molecule has 102 valence electrons. The number of nitrogens with one attached hydrogen (secondary N) is 2. The molecule has 2 fully saturated rings. The van der Waals surface area contributed by atoms with Crippen molar-refractivity contribution >= 4 is 23.6 Å². The molecule has 0 spiro atoms. The summed E-state index contributed by atoms with van der Waals surface area (Å²) in [6.45, 7) is 0.457. The Morgan fingerprint density at radius 2 is 2.17 bits per heavy atom. The van der Waals surface area contributed by atoms with Gasteiger partial charge in [-0.25, -0.2) is 4.79 Å². The van der Waals surface area contributed by atoms with E-state index in [0.717, 1.165) is 25.0 Å². The molecule has 0 aromatic carbocycles. The van der Waals surface area contributed by atoms with Crippen molar-refractivity contribution in [1.82, 2.24) is 10.6 Å². The van der Waals surface area contributed by atoms with Crippen molar-refractivity contribution in [3.8, 4) is 0 Å². The molecule has 0 aliphatic carbocycles. The third-order valence-corrected chi connectivity index (χ3v) is 5.06. The second-order valence-corrected chi connectivity index (χ2v) is 6.22. The van der Waals surface area contributed by atoms with Crippen LogP contribution in [0.25, 0.3) is 0 Å². The molecular formula is C12H21N3O2S. The Morgan fingerprint density at radius 1 is 1.33 bits per heavy atom. The van der Waals surface area contributed by atoms with Crippen LogP contribution in [-0.2, 0) is 4.79 Å². The van der Waals surface area contributed by atoms with E-state index < -0.39 is 0 Å². The Morgan fingerprint density at radius 3 is 2.94 bits per heavy atom. The number of rotatable bonds is 7. The van der Waals surface area contributed by atoms with E-state index in [9.17, 15) is 9.59 Å². The van der Waals surface area contributed by atoms with Crippen LogP contribution in [0.4, 0.5) is 4.79 Å². The minimum atomic E-state index is -0.0339. The number of fused-ring (bicyclic) bond motifs is 1. The average molecular weight is 271 g/mol. The summed E-state index contributed by atoms with van der Waals surface area (Å²) in [4.78, 5) is 22.5. The summed E-state index contributed by atoms with van der Waals surface area (Å²) in [5.41, 5.74) is 5.33. The lowest BCUT2D eigenvalue weighted by atomic mass is 10.0. The lowest BCUT2D eigenvalue weighted by molar-refractivity contribution is -0.119. The topological polar surface area (TPSA) is 84.2 Å². The number of nitrogens with two attached hydrogens (primary N) is 1. The van der Waals surface area contributed by atoms with Crippen LogP contribution in [0.5, 0.6) is 0 Å². The zero-order valence-corrected chi connectivity index (χ0v) is 11.3. The normalized spacial score (nSPS) is 29.8. The highest BCUT2D eigenvalue weighted by Crippen LogP contribution is 2.33. The van der Waals surface area contributed by atoms with Crippen molar-refractivity contribution in [2.75, 3.05) is 12.3 Å². The van der Waals surface area contributed by atoms with Gasteiger partial charge in [0.1, 0.15) is 5.78 Å². The molecule has 2 amide bonds. The van der Waals surface area contributed by atoms with E-state index >= 15 is 0 Å². The lowest BCUT2D eigenvalue weighted by Crippen LogP contribution is -2.36. The van der Waals surface area contributed by atoms with Crippen molar-refractivity contribution in [2.45, 2.75) is 49.4 Å². The van der Waals surface area contributed by atoms with Gasteiger partial charge < -0.3 is 16.4 Å². The molecule has 2 aliphatic rings. The number of Topliss-reactive ketones (excluding diaryl/α,β-unsaturated/α-hetero) is 1. The summed E-state index contributed by atoms with van der Waals surface area (Å²) in [6, 6.07) is 0.544. The number of hydrogen-bond donors (Lipinski definition) is 3. The SMILES string of the molecule is NCCC(=O)CCCC[C@@H]1SC[C@@H]2NC(=O)N[C@@H]21. The van der Waals surface area contributed by atoms with E-state index in [0.29, 0.717) is 30.7 Å². The van der Waals surface area contributed by atoms with Gasteiger partial charge in [0.2, 0.25) is 0 Å². The number of urea groups is 1. The van der Waals surface area contributed by atoms with Crippen molar-refractivity contribution in [3.05, 3.63) is 0 Å². The number of carbonyl (C=O) groups excluding carboxylic acids is 2. The van der Waals surface area contributed by atoms with Crippen molar-refractivity contribution in [1.29, 1.82) is 0 Å². The fourth-order valence-corrected chi connectivity index (χ4v) is 4.14. The maximum atomic E-state index is 11.3. The Balaban J connectivity index is 1.62. The van der Waals surface area contributed by atoms with Crippen LogP contribution in [0.3, 0.4) is 0 Å². The fraction of sp³-hybridized carbons (Fsp3) is 0.833. The van der Waals surface area contributed by atoms with E-state index in [-0.39, 0.29) is 17.9 Å². The Hall–Kier alpha value is -0.750. The molecule has 5 nitrogen and oxygen atoms in total. The van der Waals surface area contributed by atoms with E-state index in [1.807, 2.05) is 11.8 Å². The Bertz CT molecular complexity index is 324. The highest BCUT2D eigenvalue weighted by atomic mass is 32.2. The molecular weight excluding hydrogens is 250 g/mol. The fourth-order valence-electron chi connectivity index (χ4n) is 2.60. The highest BCUT2D eigenvalue weighted by Gasteiger charge is 2.42. The van der Waals surface area contributed by atoms with Crippen LogP contribution in [0, 0.1) is 0 Å². The minimum absolute atomic E-state index is 0.0339. The van der Waals surface area contributed by atoms with Crippen molar-refractivity contribution in [2.24, 2.45) is 5.73 Å². The Kier molecular flexibility index (Phi) is 4.88. The number of hydrogen-bond acceptors (Lipinski definition) is 4. The lowest BCUT2D eigenvalue weighted by Gasteiger charge is -2.16. The zero-order valence-electron chi connectivity index (χ0n) is 10.5. The molecule has 3 atom stereocenters. The first-order chi connectivity index (χ1) is 8.70. The van der Waals surface area contributed by atoms with E-state index in [4.69, 9.17) is 5.73 Å². The van der Waals surface area contributed by atoms with Gasteiger partial charge >= 0.3 is 6.03 Å². The van der Waals surface area contributed by atoms with Crippen molar-refractivity contribution < 1.29 is 9.59 Å². The maximum absolute atomic E-state index is 11.3. The molecule has 0 saturated carbocycles. The first-order valence-corrected chi connectivity index (χ1v) is 7.66. The standard InChI is InChI=1S/C12H21N3O2S/c13-6-5-8(16)3-1-2-4-10-11-9(7-18-10)14-12(17)15-11/h9-11H,1-7,13H2,(H2,14,15,17)/t9-,10-,11-/m0/s1. The average Bonchev–Trinajstić information content (AvgIpc) is 2.85. The van der Waals surface area contributed by atoms with Crippen LogP contribution in [-0.4, -0.2) is 41.4 Å². The molecule has 0 unspecified atom stereocenters. The number of amides is 2. The van der Waals surface area contributed by atoms with Gasteiger partial charge in [0.15, 0.2) is 0 Å². The Labute approximate surface area is 112 Å². The van der Waals surface area contributed by atoms with Gasteiger partial charge in [0, 0.05) is 23.8 Å². The first kappa shape index (κ1) is 13.7. The molecule has 0 radical (unpaired) electrons. The summed E-state index contributed by atoms with van der Waals surface area (Å²) in [6.07, 6.45) is 4.21. The number of ketones is 1. The van der Waals surface area contributed by atoms with Gasteiger partial charge in [-0.15, -0.1) is 0 Å². The van der Waals surface area contributed by atoms with E-state index in [2.05, 4.69) is 10.6 Å². The summed E-state index contributed by atoms with van der Waals surface area (Å²) in [5.74, 6) is 1.27. The van der Waals surface area contributed by atoms with Gasteiger partial charge in [-0.2, -0.15) is 11.8 Å². The van der Waals surface area contributed by atoms with Crippen LogP contribution in [0.2, 0.25) is 0 Å². The summed E-state index contributed by atoms with van der Waals surface area (Å²) in [7, 11) is 0. The van der Waals surface area contributed by atoms with Crippen molar-refractivity contribution in [3.63, 3.8) is 0 Å². The first-order valence-electron chi connectivity index (χ1n) is 6.61. The van der Waals surface area contributed by atoms with Gasteiger partial charge in [-0.3, -0.25) is 4.79 Å². The van der Waals surface area contributed by atoms with Crippen LogP contribution in [0.15, 0.2) is 0 Å². The molecule has 2 heterocycles. The minimum Gasteiger partial charge on any atom is -0.332 e. The molecule has 4 N–H and O–H groups in total. The summed E-state index contributed by atoms with van der Waals surface area (Å²) >= 11 is 1.92. The summed E-state index contributed by atoms with van der Waals surface area (Å²) in [5, 5.41) is 6.41. The molecule has 18 heavy (non-hydrogen) atoms. The molecule has 0 bridgehead atoms. The maximum Gasteiger partial charge on any atom is 0.315 e. The largest absolute Gasteiger partial charge is 0.332 e. The molecule has 2 rings (SSSR count). The predicted molar refractivity (Wildman–Crippen MR) is 72.6 cm³/mol. The van der Waals surface area contributed by atoms with Crippen LogP contribution in [0.1, 0.15) is 32.1 Å². The second kappa shape index (κ2) is 6.43. The third-order valence-electron chi connectivity index (χ3n) is 3.56. The van der Waals surface area contributed by atoms with Gasteiger partial charge in [0.25, 0.3) is 0 Å². The predicted octanol–water partition coefficient (Wildman–Crippen LogP) is 0.630. The molecule has 2 saturated heterocycles. The van der Waals surface area contributed by atoms with Crippen LogP contribution < -0.4 is 16.4 Å². The zero-order chi connectivity index (χ0) is 13.0. The van der Waals surface area contributed by atoms with Crippen LogP contribution >= 0.6 is 11.8 Å². The number of unbranched alkanes of at least 4 members (excludes halogenated alkanes) is 1. The van der Waals surface area contributed by atoms with Gasteiger partial charge in [-0.05, 0) is 19.4 Å². The van der Waals surface area contributed by atoms with Gasteiger partial charge in [0.05, 0.1) is 12.1 Å². The van der Waals surface area contributed by atoms with E-state index in [1.54, 1.807) is 0 Å². The quantitative estimate of drug-likeness (QED) is 0.468. The highest BCUT2D eigenvalue weighted by molar-refractivity contribution is 8.00. The second-order valence-electron chi connectivity index (χ2n) is 4.94. The molecule has 2 aliphatic heterocycles. The third kappa shape index (κ3) is 3.38.